The molecule has 0 fully saturated rings. The molecule has 3 rings (SSSR count). The van der Waals surface area contributed by atoms with Crippen LogP contribution in [0.1, 0.15) is 11.1 Å². The van der Waals surface area contributed by atoms with Crippen LogP contribution in [-0.2, 0) is 4.79 Å². The number of benzene rings is 2. The first-order valence-electron chi connectivity index (χ1n) is 7.18. The summed E-state index contributed by atoms with van der Waals surface area (Å²) in [5.41, 5.74) is 4.38. The third kappa shape index (κ3) is 3.06. The first kappa shape index (κ1) is 15.9. The average molecular weight is 420 g/mol. The minimum Gasteiger partial charge on any atom is -0.496 e. The van der Waals surface area contributed by atoms with Crippen molar-refractivity contribution in [2.75, 3.05) is 31.4 Å². The number of ether oxygens (including phenoxy) is 1. The van der Waals surface area contributed by atoms with Crippen molar-refractivity contribution in [2.45, 2.75) is 0 Å². The van der Waals surface area contributed by atoms with Crippen molar-refractivity contribution in [3.05, 3.63) is 51.1 Å². The molecule has 0 aromatic heterocycles. The number of rotatable bonds is 3. The lowest BCUT2D eigenvalue weighted by Gasteiger charge is -2.15. The van der Waals surface area contributed by atoms with Crippen LogP contribution in [0.3, 0.4) is 0 Å². The van der Waals surface area contributed by atoms with Crippen molar-refractivity contribution in [3.63, 3.8) is 0 Å². The van der Waals surface area contributed by atoms with Crippen LogP contribution in [0, 0.1) is 3.57 Å². The van der Waals surface area contributed by atoms with Gasteiger partial charge in [0.2, 0.25) is 0 Å². The van der Waals surface area contributed by atoms with E-state index in [1.165, 1.54) is 0 Å². The standard InChI is InChI=1S/C18H17IN2O2/c1-21(2)13-6-4-11(17(10-13)23-3)8-15-14-9-12(19)5-7-16(14)20-18(15)22/h4-10H,1-3H3,(H,20,22). The molecule has 4 nitrogen and oxygen atoms in total. The van der Waals surface area contributed by atoms with Crippen molar-refractivity contribution in [1.29, 1.82) is 0 Å². The molecule has 0 saturated carbocycles. The van der Waals surface area contributed by atoms with Gasteiger partial charge in [-0.15, -0.1) is 0 Å². The zero-order valence-corrected chi connectivity index (χ0v) is 15.3. The van der Waals surface area contributed by atoms with Gasteiger partial charge in [0, 0.05) is 51.8 Å². The molecule has 1 amide bonds. The quantitative estimate of drug-likeness (QED) is 0.606. The number of carbonyl (C=O) groups excluding carboxylic acids is 1. The molecule has 0 radical (unpaired) electrons. The zero-order chi connectivity index (χ0) is 16.6. The number of nitrogens with zero attached hydrogens (tertiary/aromatic N) is 1. The largest absolute Gasteiger partial charge is 0.496 e. The maximum absolute atomic E-state index is 12.3. The summed E-state index contributed by atoms with van der Waals surface area (Å²) in [4.78, 5) is 14.3. The van der Waals surface area contributed by atoms with E-state index in [2.05, 4.69) is 27.9 Å². The number of anilines is 2. The lowest BCUT2D eigenvalue weighted by Crippen LogP contribution is -2.08. The first-order valence-corrected chi connectivity index (χ1v) is 8.26. The van der Waals surface area contributed by atoms with Crippen LogP contribution in [0.15, 0.2) is 36.4 Å². The van der Waals surface area contributed by atoms with E-state index in [1.807, 2.05) is 61.5 Å². The van der Waals surface area contributed by atoms with Crippen molar-refractivity contribution in [1.82, 2.24) is 0 Å². The van der Waals surface area contributed by atoms with Gasteiger partial charge in [0.05, 0.1) is 7.11 Å². The van der Waals surface area contributed by atoms with Crippen LogP contribution in [-0.4, -0.2) is 27.1 Å². The summed E-state index contributed by atoms with van der Waals surface area (Å²) in [5.74, 6) is 0.663. The molecule has 2 aromatic carbocycles. The van der Waals surface area contributed by atoms with Gasteiger partial charge in [0.15, 0.2) is 0 Å². The molecule has 5 heteroatoms. The highest BCUT2D eigenvalue weighted by atomic mass is 127. The topological polar surface area (TPSA) is 41.6 Å². The summed E-state index contributed by atoms with van der Waals surface area (Å²) < 4.78 is 6.58. The highest BCUT2D eigenvalue weighted by Gasteiger charge is 2.24. The third-order valence-corrected chi connectivity index (χ3v) is 4.47. The second kappa shape index (κ2) is 6.23. The van der Waals surface area contributed by atoms with E-state index in [4.69, 9.17) is 4.74 Å². The molecular weight excluding hydrogens is 403 g/mol. The lowest BCUT2D eigenvalue weighted by atomic mass is 10.0. The normalized spacial score (nSPS) is 14.6. The molecule has 2 aromatic rings. The van der Waals surface area contributed by atoms with Crippen molar-refractivity contribution < 1.29 is 9.53 Å². The molecule has 0 bridgehead atoms. The summed E-state index contributed by atoms with van der Waals surface area (Å²) in [7, 11) is 5.60. The van der Waals surface area contributed by atoms with Crippen molar-refractivity contribution in [3.8, 4) is 5.75 Å². The van der Waals surface area contributed by atoms with E-state index in [9.17, 15) is 4.79 Å². The molecule has 0 spiro atoms. The van der Waals surface area contributed by atoms with Crippen LogP contribution in [0.25, 0.3) is 11.6 Å². The molecule has 0 atom stereocenters. The van der Waals surface area contributed by atoms with E-state index in [0.717, 1.165) is 31.8 Å². The molecule has 0 unspecified atom stereocenters. The second-order valence-electron chi connectivity index (χ2n) is 5.52. The Morgan fingerprint density at radius 2 is 1.96 bits per heavy atom. The fourth-order valence-corrected chi connectivity index (χ4v) is 3.05. The summed E-state index contributed by atoms with van der Waals surface area (Å²) in [6, 6.07) is 11.9. The van der Waals surface area contributed by atoms with Crippen LogP contribution in [0.5, 0.6) is 5.75 Å². The number of amides is 1. The Hall–Kier alpha value is -2.02. The van der Waals surface area contributed by atoms with Crippen molar-refractivity contribution >= 4 is 51.5 Å². The number of fused-ring (bicyclic) bond motifs is 1. The summed E-state index contributed by atoms with van der Waals surface area (Å²) in [6.07, 6.45) is 1.88. The van der Waals surface area contributed by atoms with E-state index >= 15 is 0 Å². The molecule has 23 heavy (non-hydrogen) atoms. The third-order valence-electron chi connectivity index (χ3n) is 3.80. The van der Waals surface area contributed by atoms with Crippen LogP contribution in [0.2, 0.25) is 0 Å². The number of nitrogens with one attached hydrogen (secondary N) is 1. The van der Waals surface area contributed by atoms with Gasteiger partial charge in [-0.2, -0.15) is 0 Å². The fourth-order valence-electron chi connectivity index (χ4n) is 2.56. The van der Waals surface area contributed by atoms with E-state index < -0.39 is 0 Å². The van der Waals surface area contributed by atoms with Crippen LogP contribution >= 0.6 is 22.6 Å². The number of carbonyl (C=O) groups is 1. The maximum Gasteiger partial charge on any atom is 0.256 e. The molecule has 1 aliphatic rings. The molecule has 1 heterocycles. The number of methoxy groups -OCH3 is 1. The Kier molecular flexibility index (Phi) is 4.30. The molecule has 0 aliphatic carbocycles. The Morgan fingerprint density at radius 1 is 1.17 bits per heavy atom. The Labute approximate surface area is 149 Å². The minimum atomic E-state index is -0.0826. The predicted molar refractivity (Wildman–Crippen MR) is 103 cm³/mol. The van der Waals surface area contributed by atoms with Crippen LogP contribution in [0.4, 0.5) is 11.4 Å². The smallest absolute Gasteiger partial charge is 0.256 e. The van der Waals surface area contributed by atoms with E-state index in [-0.39, 0.29) is 5.91 Å². The van der Waals surface area contributed by atoms with Gasteiger partial charge in [0.25, 0.3) is 5.91 Å². The number of halogens is 1. The van der Waals surface area contributed by atoms with Gasteiger partial charge in [-0.25, -0.2) is 0 Å². The SMILES string of the molecule is COc1cc(N(C)C)ccc1C=C1C(=O)Nc2ccc(I)cc21. The summed E-state index contributed by atoms with van der Waals surface area (Å²) >= 11 is 2.25. The molecule has 118 valence electrons. The first-order chi connectivity index (χ1) is 11.0. The summed E-state index contributed by atoms with van der Waals surface area (Å²) in [6.45, 7) is 0. The molecular formula is C18H17IN2O2. The number of hydrogen-bond donors (Lipinski definition) is 1. The lowest BCUT2D eigenvalue weighted by molar-refractivity contribution is -0.110. The predicted octanol–water partition coefficient (Wildman–Crippen LogP) is 3.86. The molecule has 1 aliphatic heterocycles. The highest BCUT2D eigenvalue weighted by molar-refractivity contribution is 14.1. The minimum absolute atomic E-state index is 0.0826. The van der Waals surface area contributed by atoms with E-state index in [0.29, 0.717) is 5.57 Å². The molecule has 1 N–H and O–H groups in total. The highest BCUT2D eigenvalue weighted by Crippen LogP contribution is 2.36. The summed E-state index contributed by atoms with van der Waals surface area (Å²) in [5, 5.41) is 2.90. The maximum atomic E-state index is 12.3. The van der Waals surface area contributed by atoms with Gasteiger partial charge in [-0.1, -0.05) is 0 Å². The van der Waals surface area contributed by atoms with Gasteiger partial charge in [-0.05, 0) is 59.0 Å². The van der Waals surface area contributed by atoms with Crippen LogP contribution < -0.4 is 15.0 Å². The Bertz CT molecular complexity index is 813. The Morgan fingerprint density at radius 3 is 2.65 bits per heavy atom. The second-order valence-corrected chi connectivity index (χ2v) is 6.77. The fraction of sp³-hybridized carbons (Fsp3) is 0.167. The number of hydrogen-bond acceptors (Lipinski definition) is 3. The van der Waals surface area contributed by atoms with Gasteiger partial charge in [0.1, 0.15) is 5.75 Å². The van der Waals surface area contributed by atoms with E-state index in [1.54, 1.807) is 7.11 Å². The van der Waals surface area contributed by atoms with Gasteiger partial charge in [-0.3, -0.25) is 4.79 Å². The van der Waals surface area contributed by atoms with Crippen molar-refractivity contribution in [2.24, 2.45) is 0 Å². The average Bonchev–Trinajstić information content (AvgIpc) is 2.83. The zero-order valence-electron chi connectivity index (χ0n) is 13.2. The monoisotopic (exact) mass is 420 g/mol. The Balaban J connectivity index is 2.09. The van der Waals surface area contributed by atoms with Gasteiger partial charge >= 0.3 is 0 Å². The van der Waals surface area contributed by atoms with Gasteiger partial charge < -0.3 is 15.0 Å². The molecule has 0 saturated heterocycles.